The van der Waals surface area contributed by atoms with Crippen LogP contribution >= 0.6 is 0 Å². The molecule has 0 aromatic heterocycles. The minimum atomic E-state index is 0.0921. The Balaban J connectivity index is 1.37. The fraction of sp³-hybridized carbons (Fsp3) is 0.650. The summed E-state index contributed by atoms with van der Waals surface area (Å²) in [5, 5.41) is 6.75. The Morgan fingerprint density at radius 2 is 1.70 bits per heavy atom. The molecule has 0 radical (unpaired) electrons. The zero-order chi connectivity index (χ0) is 16.0. The van der Waals surface area contributed by atoms with Crippen molar-refractivity contribution < 1.29 is 4.79 Å². The van der Waals surface area contributed by atoms with Gasteiger partial charge >= 0.3 is 0 Å². The van der Waals surface area contributed by atoms with E-state index in [1.807, 2.05) is 6.92 Å². The third-order valence-electron chi connectivity index (χ3n) is 6.33. The summed E-state index contributed by atoms with van der Waals surface area (Å²) in [5.41, 5.74) is 3.51. The molecule has 1 aromatic carbocycles. The van der Waals surface area contributed by atoms with Gasteiger partial charge in [-0.1, -0.05) is 12.1 Å². The molecule has 3 heteroatoms. The van der Waals surface area contributed by atoms with E-state index in [2.05, 4.69) is 35.8 Å². The van der Waals surface area contributed by atoms with Crippen molar-refractivity contribution in [3.63, 3.8) is 0 Å². The minimum absolute atomic E-state index is 0.0921. The maximum Gasteiger partial charge on any atom is 0.238 e. The van der Waals surface area contributed by atoms with E-state index in [4.69, 9.17) is 0 Å². The molecule has 0 aliphatic heterocycles. The summed E-state index contributed by atoms with van der Waals surface area (Å²) in [7, 11) is 0. The van der Waals surface area contributed by atoms with Gasteiger partial charge in [-0.05, 0) is 87.3 Å². The SMILES string of the molecule is Cc1ccc(C)c(NC(=O)CNC23CC4CC(CC(C4)C2)C3)c1. The van der Waals surface area contributed by atoms with Crippen LogP contribution in [-0.2, 0) is 4.79 Å². The highest BCUT2D eigenvalue weighted by molar-refractivity contribution is 5.93. The van der Waals surface area contributed by atoms with Crippen molar-refractivity contribution in [1.82, 2.24) is 5.32 Å². The van der Waals surface area contributed by atoms with E-state index in [9.17, 15) is 4.79 Å². The number of hydrogen-bond acceptors (Lipinski definition) is 2. The van der Waals surface area contributed by atoms with Gasteiger partial charge in [0.1, 0.15) is 0 Å². The summed E-state index contributed by atoms with van der Waals surface area (Å²) in [5.74, 6) is 2.83. The molecule has 1 aromatic rings. The average molecular weight is 312 g/mol. The first-order chi connectivity index (χ1) is 11.0. The molecular formula is C20H28N2O. The summed E-state index contributed by atoms with van der Waals surface area (Å²) in [6.45, 7) is 4.55. The Kier molecular flexibility index (Phi) is 3.72. The van der Waals surface area contributed by atoms with Gasteiger partial charge in [0.25, 0.3) is 0 Å². The molecule has 4 fully saturated rings. The highest BCUT2D eigenvalue weighted by atomic mass is 16.1. The first kappa shape index (κ1) is 15.2. The molecule has 4 aliphatic carbocycles. The zero-order valence-corrected chi connectivity index (χ0v) is 14.3. The lowest BCUT2D eigenvalue weighted by atomic mass is 9.53. The van der Waals surface area contributed by atoms with E-state index < -0.39 is 0 Å². The molecule has 124 valence electrons. The lowest BCUT2D eigenvalue weighted by Gasteiger charge is -2.57. The van der Waals surface area contributed by atoms with Gasteiger partial charge in [0.05, 0.1) is 6.54 Å². The van der Waals surface area contributed by atoms with Gasteiger partial charge in [-0.3, -0.25) is 4.79 Å². The average Bonchev–Trinajstić information content (AvgIpc) is 2.48. The number of carbonyl (C=O) groups is 1. The van der Waals surface area contributed by atoms with Crippen LogP contribution in [0.1, 0.15) is 49.7 Å². The third-order valence-corrected chi connectivity index (χ3v) is 6.33. The summed E-state index contributed by atoms with van der Waals surface area (Å²) in [6, 6.07) is 6.20. The fourth-order valence-electron chi connectivity index (χ4n) is 5.66. The van der Waals surface area contributed by atoms with E-state index in [0.717, 1.165) is 29.0 Å². The number of rotatable bonds is 4. The highest BCUT2D eigenvalue weighted by Crippen LogP contribution is 2.55. The molecule has 0 heterocycles. The Morgan fingerprint density at radius 3 is 2.30 bits per heavy atom. The molecule has 4 bridgehead atoms. The molecule has 23 heavy (non-hydrogen) atoms. The van der Waals surface area contributed by atoms with Gasteiger partial charge in [0.15, 0.2) is 0 Å². The van der Waals surface area contributed by atoms with Gasteiger partial charge < -0.3 is 10.6 Å². The van der Waals surface area contributed by atoms with Crippen LogP contribution in [0, 0.1) is 31.6 Å². The van der Waals surface area contributed by atoms with Crippen LogP contribution < -0.4 is 10.6 Å². The minimum Gasteiger partial charge on any atom is -0.325 e. The van der Waals surface area contributed by atoms with Gasteiger partial charge in [-0.15, -0.1) is 0 Å². The third kappa shape index (κ3) is 3.03. The van der Waals surface area contributed by atoms with Crippen LogP contribution in [0.3, 0.4) is 0 Å². The van der Waals surface area contributed by atoms with Crippen LogP contribution in [-0.4, -0.2) is 18.0 Å². The summed E-state index contributed by atoms with van der Waals surface area (Å²) in [4.78, 5) is 12.4. The van der Waals surface area contributed by atoms with Crippen LogP contribution in [0.15, 0.2) is 18.2 Å². The molecule has 5 rings (SSSR count). The first-order valence-electron chi connectivity index (χ1n) is 9.13. The Bertz CT molecular complexity index is 587. The Labute approximate surface area is 139 Å². The lowest BCUT2D eigenvalue weighted by molar-refractivity contribution is -0.116. The molecule has 0 atom stereocenters. The van der Waals surface area contributed by atoms with Gasteiger partial charge in [-0.25, -0.2) is 0 Å². The van der Waals surface area contributed by atoms with Gasteiger partial charge in [0, 0.05) is 11.2 Å². The molecule has 4 saturated carbocycles. The van der Waals surface area contributed by atoms with E-state index >= 15 is 0 Å². The normalized spacial score (nSPS) is 34.6. The number of aryl methyl sites for hydroxylation is 2. The van der Waals surface area contributed by atoms with Crippen molar-refractivity contribution in [3.05, 3.63) is 29.3 Å². The fourth-order valence-corrected chi connectivity index (χ4v) is 5.66. The molecular weight excluding hydrogens is 284 g/mol. The maximum atomic E-state index is 12.4. The zero-order valence-electron chi connectivity index (χ0n) is 14.3. The molecule has 2 N–H and O–H groups in total. The second-order valence-corrected chi connectivity index (χ2v) is 8.42. The summed E-state index contributed by atoms with van der Waals surface area (Å²) >= 11 is 0. The second kappa shape index (κ2) is 5.62. The predicted molar refractivity (Wildman–Crippen MR) is 93.5 cm³/mol. The van der Waals surface area contributed by atoms with Crippen LogP contribution in [0.5, 0.6) is 0 Å². The van der Waals surface area contributed by atoms with Crippen LogP contribution in [0.25, 0.3) is 0 Å². The lowest BCUT2D eigenvalue weighted by Crippen LogP contribution is -2.59. The largest absolute Gasteiger partial charge is 0.325 e. The summed E-state index contributed by atoms with van der Waals surface area (Å²) < 4.78 is 0. The topological polar surface area (TPSA) is 41.1 Å². The molecule has 4 aliphatic rings. The maximum absolute atomic E-state index is 12.4. The van der Waals surface area contributed by atoms with Gasteiger partial charge in [0.2, 0.25) is 5.91 Å². The smallest absolute Gasteiger partial charge is 0.238 e. The van der Waals surface area contributed by atoms with Crippen molar-refractivity contribution in [2.75, 3.05) is 11.9 Å². The van der Waals surface area contributed by atoms with Crippen molar-refractivity contribution in [1.29, 1.82) is 0 Å². The van der Waals surface area contributed by atoms with E-state index in [0.29, 0.717) is 6.54 Å². The predicted octanol–water partition coefficient (Wildman–Crippen LogP) is 3.80. The Hall–Kier alpha value is -1.35. The van der Waals surface area contributed by atoms with Crippen molar-refractivity contribution in [2.45, 2.75) is 57.9 Å². The van der Waals surface area contributed by atoms with Gasteiger partial charge in [-0.2, -0.15) is 0 Å². The molecule has 3 nitrogen and oxygen atoms in total. The van der Waals surface area contributed by atoms with Crippen LogP contribution in [0.4, 0.5) is 5.69 Å². The number of benzene rings is 1. The molecule has 0 saturated heterocycles. The number of hydrogen-bond donors (Lipinski definition) is 2. The number of carbonyl (C=O) groups excluding carboxylic acids is 1. The van der Waals surface area contributed by atoms with Crippen molar-refractivity contribution in [3.8, 4) is 0 Å². The quantitative estimate of drug-likeness (QED) is 0.888. The Morgan fingerprint density at radius 1 is 1.09 bits per heavy atom. The first-order valence-corrected chi connectivity index (χ1v) is 9.13. The number of nitrogens with one attached hydrogen (secondary N) is 2. The number of anilines is 1. The number of amides is 1. The van der Waals surface area contributed by atoms with E-state index in [1.54, 1.807) is 0 Å². The van der Waals surface area contributed by atoms with Crippen molar-refractivity contribution in [2.24, 2.45) is 17.8 Å². The van der Waals surface area contributed by atoms with Crippen molar-refractivity contribution >= 4 is 11.6 Å². The second-order valence-electron chi connectivity index (χ2n) is 8.42. The van der Waals surface area contributed by atoms with E-state index in [1.165, 1.54) is 44.1 Å². The monoisotopic (exact) mass is 312 g/mol. The van der Waals surface area contributed by atoms with Crippen LogP contribution in [0.2, 0.25) is 0 Å². The van der Waals surface area contributed by atoms with E-state index in [-0.39, 0.29) is 11.4 Å². The standard InChI is InChI=1S/C20H28N2O/c1-13-3-4-14(2)18(5-13)22-19(23)12-21-20-9-15-6-16(10-20)8-17(7-15)11-20/h3-5,15-17,21H,6-12H2,1-2H3,(H,22,23). The molecule has 0 spiro atoms. The molecule has 0 unspecified atom stereocenters. The summed E-state index contributed by atoms with van der Waals surface area (Å²) in [6.07, 6.45) is 8.18. The molecule has 1 amide bonds. The highest BCUT2D eigenvalue weighted by Gasteiger charge is 2.50.